The Morgan fingerprint density at radius 3 is 0.690 bits per heavy atom. The molecule has 7 aromatic rings. The average molecular weight is 534 g/mol. The Balaban J connectivity index is 1.37. The third-order valence-electron chi connectivity index (χ3n) is 7.75. The van der Waals surface area contributed by atoms with Crippen molar-refractivity contribution in [3.63, 3.8) is 0 Å². The molecule has 0 unspecified atom stereocenters. The molecule has 197 valence electrons. The van der Waals surface area contributed by atoms with E-state index in [1.54, 1.807) is 0 Å². The summed E-state index contributed by atoms with van der Waals surface area (Å²) in [5, 5.41) is 0. The highest BCUT2D eigenvalue weighted by Gasteiger charge is 2.11. The molecule has 0 saturated carbocycles. The Kier molecular flexibility index (Phi) is 7.02. The van der Waals surface area contributed by atoms with Gasteiger partial charge in [0, 0.05) is 0 Å². The lowest BCUT2D eigenvalue weighted by atomic mass is 9.90. The molecule has 0 nitrogen and oxygen atoms in total. The molecule has 0 aliphatic carbocycles. The number of rotatable bonds is 6. The van der Waals surface area contributed by atoms with Gasteiger partial charge in [0.05, 0.1) is 0 Å². The fourth-order valence-corrected chi connectivity index (χ4v) is 5.58. The maximum absolute atomic E-state index is 3.46. The van der Waals surface area contributed by atoms with Crippen LogP contribution in [-0.4, -0.2) is 0 Å². The van der Waals surface area contributed by atoms with Crippen molar-refractivity contribution in [1.29, 1.82) is 0 Å². The van der Waals surface area contributed by atoms with Crippen molar-refractivity contribution in [2.24, 2.45) is 0 Å². The molecule has 0 heteroatoms. The molecule has 7 rings (SSSR count). The van der Waals surface area contributed by atoms with Gasteiger partial charge in [-0.1, -0.05) is 121 Å². The highest BCUT2D eigenvalue weighted by molar-refractivity contribution is 5.85. The molecular formula is C42H29. The minimum absolute atomic E-state index is 1.15. The number of hydrogen-bond acceptors (Lipinski definition) is 0. The molecule has 0 N–H and O–H groups in total. The van der Waals surface area contributed by atoms with Gasteiger partial charge in [-0.25, -0.2) is 0 Å². The molecule has 1 radical (unpaired) electrons. The molecule has 0 atom stereocenters. The SMILES string of the molecule is [c]1cc(-c2cc(-c3ccccc3)cc(-c3ccccc3)c2)cc(-c2cc(-c3ccccc3)cc(-c3ccccc3)c2)c1. The predicted octanol–water partition coefficient (Wildman–Crippen LogP) is 11.5. The molecular weight excluding hydrogens is 504 g/mol. The van der Waals surface area contributed by atoms with Gasteiger partial charge in [-0.3, -0.25) is 0 Å². The summed E-state index contributed by atoms with van der Waals surface area (Å²) < 4.78 is 0. The molecule has 0 aliphatic rings. The molecule has 0 fully saturated rings. The average Bonchev–Trinajstić information content (AvgIpc) is 3.09. The van der Waals surface area contributed by atoms with Crippen LogP contribution in [0, 0.1) is 6.07 Å². The van der Waals surface area contributed by atoms with Crippen LogP contribution in [0.4, 0.5) is 0 Å². The molecule has 0 saturated heterocycles. The summed E-state index contributed by atoms with van der Waals surface area (Å²) in [6, 6.07) is 66.2. The third kappa shape index (κ3) is 5.44. The van der Waals surface area contributed by atoms with Crippen LogP contribution in [0.2, 0.25) is 0 Å². The van der Waals surface area contributed by atoms with Gasteiger partial charge in [0.2, 0.25) is 0 Å². The molecule has 7 aromatic carbocycles. The van der Waals surface area contributed by atoms with E-state index in [0.717, 1.165) is 11.1 Å². The monoisotopic (exact) mass is 533 g/mol. The smallest absolute Gasteiger partial charge is 0.0171 e. The van der Waals surface area contributed by atoms with Crippen molar-refractivity contribution >= 4 is 0 Å². The first kappa shape index (κ1) is 25.5. The van der Waals surface area contributed by atoms with Gasteiger partial charge >= 0.3 is 0 Å². The Labute approximate surface area is 248 Å². The van der Waals surface area contributed by atoms with E-state index in [9.17, 15) is 0 Å². The van der Waals surface area contributed by atoms with E-state index in [4.69, 9.17) is 0 Å². The maximum Gasteiger partial charge on any atom is -0.0171 e. The van der Waals surface area contributed by atoms with Crippen LogP contribution >= 0.6 is 0 Å². The summed E-state index contributed by atoms with van der Waals surface area (Å²) in [5.74, 6) is 0. The predicted molar refractivity (Wildman–Crippen MR) is 178 cm³/mol. The van der Waals surface area contributed by atoms with Gasteiger partial charge in [-0.2, -0.15) is 0 Å². The molecule has 42 heavy (non-hydrogen) atoms. The Morgan fingerprint density at radius 1 is 0.214 bits per heavy atom. The minimum atomic E-state index is 1.15. The van der Waals surface area contributed by atoms with Crippen LogP contribution in [-0.2, 0) is 0 Å². The molecule has 0 spiro atoms. The first-order valence-electron chi connectivity index (χ1n) is 14.3. The van der Waals surface area contributed by atoms with Crippen LogP contribution in [0.3, 0.4) is 0 Å². The van der Waals surface area contributed by atoms with E-state index in [2.05, 4.69) is 182 Å². The second-order valence-electron chi connectivity index (χ2n) is 10.6. The van der Waals surface area contributed by atoms with Crippen LogP contribution in [0.5, 0.6) is 0 Å². The van der Waals surface area contributed by atoms with E-state index in [0.29, 0.717) is 0 Å². The quantitative estimate of drug-likeness (QED) is 0.199. The lowest BCUT2D eigenvalue weighted by molar-refractivity contribution is 1.54. The Bertz CT molecular complexity index is 1680. The maximum atomic E-state index is 3.46. The Morgan fingerprint density at radius 2 is 0.429 bits per heavy atom. The molecule has 0 bridgehead atoms. The van der Waals surface area contributed by atoms with Gasteiger partial charge in [-0.05, 0) is 127 Å². The largest absolute Gasteiger partial charge is 0.0622 e. The van der Waals surface area contributed by atoms with Crippen LogP contribution in [0.25, 0.3) is 66.8 Å². The van der Waals surface area contributed by atoms with Crippen LogP contribution < -0.4 is 0 Å². The van der Waals surface area contributed by atoms with Crippen molar-refractivity contribution < 1.29 is 0 Å². The van der Waals surface area contributed by atoms with Gasteiger partial charge in [-0.15, -0.1) is 0 Å². The van der Waals surface area contributed by atoms with Gasteiger partial charge < -0.3 is 0 Å². The zero-order valence-electron chi connectivity index (χ0n) is 23.2. The highest BCUT2D eigenvalue weighted by Crippen LogP contribution is 2.37. The van der Waals surface area contributed by atoms with E-state index < -0.39 is 0 Å². The van der Waals surface area contributed by atoms with E-state index in [-0.39, 0.29) is 0 Å². The summed E-state index contributed by atoms with van der Waals surface area (Å²) in [6.07, 6.45) is 0. The fraction of sp³-hybridized carbons (Fsp3) is 0. The number of benzene rings is 7. The lowest BCUT2D eigenvalue weighted by Gasteiger charge is -2.14. The summed E-state index contributed by atoms with van der Waals surface area (Å²) in [4.78, 5) is 0. The zero-order valence-corrected chi connectivity index (χ0v) is 23.2. The topological polar surface area (TPSA) is 0 Å². The minimum Gasteiger partial charge on any atom is -0.0622 e. The highest BCUT2D eigenvalue weighted by atomic mass is 14.1. The molecule has 0 aromatic heterocycles. The standard InChI is InChI=1S/C42H29/c1-5-14-31(15-6-1)37-25-38(32-16-7-2-8-17-32)28-41(27-37)35-22-13-23-36(24-35)42-29-39(33-18-9-3-10-19-33)26-40(30-42)34-20-11-4-12-21-34/h1-12,14-30H. The first-order valence-corrected chi connectivity index (χ1v) is 14.3. The summed E-state index contributed by atoms with van der Waals surface area (Å²) in [6.45, 7) is 0. The molecule has 0 heterocycles. The van der Waals surface area contributed by atoms with Crippen LogP contribution in [0.1, 0.15) is 0 Å². The van der Waals surface area contributed by atoms with Crippen molar-refractivity contribution in [3.05, 3.63) is 182 Å². The molecule has 0 amide bonds. The third-order valence-corrected chi connectivity index (χ3v) is 7.75. The van der Waals surface area contributed by atoms with Crippen molar-refractivity contribution in [2.75, 3.05) is 0 Å². The van der Waals surface area contributed by atoms with E-state index in [1.807, 2.05) is 0 Å². The van der Waals surface area contributed by atoms with E-state index in [1.165, 1.54) is 55.6 Å². The first-order chi connectivity index (χ1) is 20.8. The van der Waals surface area contributed by atoms with Crippen molar-refractivity contribution in [1.82, 2.24) is 0 Å². The van der Waals surface area contributed by atoms with Crippen LogP contribution in [0.15, 0.2) is 176 Å². The van der Waals surface area contributed by atoms with Crippen molar-refractivity contribution in [2.45, 2.75) is 0 Å². The zero-order chi connectivity index (χ0) is 28.1. The second kappa shape index (κ2) is 11.6. The summed E-state index contributed by atoms with van der Waals surface area (Å²) >= 11 is 0. The van der Waals surface area contributed by atoms with E-state index >= 15 is 0 Å². The second-order valence-corrected chi connectivity index (χ2v) is 10.6. The van der Waals surface area contributed by atoms with Crippen molar-refractivity contribution in [3.8, 4) is 66.8 Å². The molecule has 0 aliphatic heterocycles. The summed E-state index contributed by atoms with van der Waals surface area (Å²) in [5.41, 5.74) is 14.3. The fourth-order valence-electron chi connectivity index (χ4n) is 5.58. The van der Waals surface area contributed by atoms with Gasteiger partial charge in [0.1, 0.15) is 0 Å². The summed E-state index contributed by atoms with van der Waals surface area (Å²) in [7, 11) is 0. The van der Waals surface area contributed by atoms with Gasteiger partial charge in [0.15, 0.2) is 0 Å². The number of hydrogen-bond donors (Lipinski definition) is 0. The normalized spacial score (nSPS) is 10.9. The Hall–Kier alpha value is -5.46. The van der Waals surface area contributed by atoms with Gasteiger partial charge in [0.25, 0.3) is 0 Å². The lowest BCUT2D eigenvalue weighted by Crippen LogP contribution is -1.88.